The van der Waals surface area contributed by atoms with Crippen molar-refractivity contribution in [3.8, 4) is 5.75 Å². The first-order valence-electron chi connectivity index (χ1n) is 5.58. The summed E-state index contributed by atoms with van der Waals surface area (Å²) in [4.78, 5) is 0. The molecule has 0 atom stereocenters. The van der Waals surface area contributed by atoms with Crippen LogP contribution in [-0.4, -0.2) is 6.61 Å². The SMILES string of the molecule is Clc1ccc(CCOc2cc(Cl)ccc2Cl)c(Cl)c1. The zero-order valence-corrected chi connectivity index (χ0v) is 12.8. The third kappa shape index (κ3) is 4.19. The molecule has 2 rings (SSSR count). The lowest BCUT2D eigenvalue weighted by molar-refractivity contribution is 0.322. The van der Waals surface area contributed by atoms with Crippen molar-refractivity contribution >= 4 is 46.4 Å². The van der Waals surface area contributed by atoms with Gasteiger partial charge in [-0.2, -0.15) is 0 Å². The average molecular weight is 336 g/mol. The first-order chi connectivity index (χ1) is 9.06. The molecule has 0 fully saturated rings. The molecule has 5 heteroatoms. The minimum absolute atomic E-state index is 0.460. The van der Waals surface area contributed by atoms with Gasteiger partial charge in [-0.05, 0) is 29.8 Å². The van der Waals surface area contributed by atoms with E-state index in [1.54, 1.807) is 30.3 Å². The van der Waals surface area contributed by atoms with Gasteiger partial charge in [0.25, 0.3) is 0 Å². The Morgan fingerprint density at radius 2 is 1.47 bits per heavy atom. The number of rotatable bonds is 4. The third-order valence-electron chi connectivity index (χ3n) is 2.54. The normalized spacial score (nSPS) is 10.5. The molecule has 0 unspecified atom stereocenters. The standard InChI is InChI=1S/C14H10Cl4O/c15-10-2-1-9(13(18)7-10)5-6-19-14-8-11(16)3-4-12(14)17/h1-4,7-8H,5-6H2. The molecular weight excluding hydrogens is 326 g/mol. The van der Waals surface area contributed by atoms with Crippen LogP contribution >= 0.6 is 46.4 Å². The van der Waals surface area contributed by atoms with E-state index in [-0.39, 0.29) is 0 Å². The zero-order chi connectivity index (χ0) is 13.8. The highest BCUT2D eigenvalue weighted by atomic mass is 35.5. The molecule has 0 spiro atoms. The van der Waals surface area contributed by atoms with E-state index in [0.29, 0.717) is 38.9 Å². The van der Waals surface area contributed by atoms with Crippen molar-refractivity contribution in [1.82, 2.24) is 0 Å². The second kappa shape index (κ2) is 6.71. The van der Waals surface area contributed by atoms with Crippen LogP contribution in [0.25, 0.3) is 0 Å². The third-order valence-corrected chi connectivity index (χ3v) is 3.67. The molecule has 0 aliphatic carbocycles. The Morgan fingerprint density at radius 3 is 2.21 bits per heavy atom. The fourth-order valence-electron chi connectivity index (χ4n) is 1.58. The lowest BCUT2D eigenvalue weighted by Gasteiger charge is -2.09. The van der Waals surface area contributed by atoms with Gasteiger partial charge in [0.05, 0.1) is 11.6 Å². The van der Waals surface area contributed by atoms with Gasteiger partial charge in [-0.3, -0.25) is 0 Å². The molecule has 0 amide bonds. The van der Waals surface area contributed by atoms with Crippen LogP contribution in [0.4, 0.5) is 0 Å². The lowest BCUT2D eigenvalue weighted by Crippen LogP contribution is -2.02. The molecule has 0 N–H and O–H groups in total. The van der Waals surface area contributed by atoms with Gasteiger partial charge in [0.15, 0.2) is 0 Å². The minimum Gasteiger partial charge on any atom is -0.492 e. The average Bonchev–Trinajstić information content (AvgIpc) is 2.36. The molecule has 0 bridgehead atoms. The van der Waals surface area contributed by atoms with Gasteiger partial charge in [-0.1, -0.05) is 52.5 Å². The Kier molecular flexibility index (Phi) is 5.23. The molecule has 0 radical (unpaired) electrons. The molecule has 0 aliphatic rings. The Morgan fingerprint density at radius 1 is 0.789 bits per heavy atom. The molecular formula is C14H10Cl4O. The molecule has 2 aromatic carbocycles. The number of halogens is 4. The predicted octanol–water partition coefficient (Wildman–Crippen LogP) is 5.92. The predicted molar refractivity (Wildman–Crippen MR) is 82.1 cm³/mol. The van der Waals surface area contributed by atoms with Gasteiger partial charge in [0, 0.05) is 27.6 Å². The van der Waals surface area contributed by atoms with E-state index in [1.165, 1.54) is 0 Å². The van der Waals surface area contributed by atoms with Crippen molar-refractivity contribution in [2.24, 2.45) is 0 Å². The van der Waals surface area contributed by atoms with E-state index in [2.05, 4.69) is 0 Å². The van der Waals surface area contributed by atoms with Crippen LogP contribution in [0.5, 0.6) is 5.75 Å². The van der Waals surface area contributed by atoms with Gasteiger partial charge in [-0.25, -0.2) is 0 Å². The van der Waals surface area contributed by atoms with Crippen LogP contribution in [0.3, 0.4) is 0 Å². The monoisotopic (exact) mass is 334 g/mol. The smallest absolute Gasteiger partial charge is 0.139 e. The highest BCUT2D eigenvalue weighted by Crippen LogP contribution is 2.28. The van der Waals surface area contributed by atoms with Gasteiger partial charge < -0.3 is 4.74 Å². The summed E-state index contributed by atoms with van der Waals surface area (Å²) in [6, 6.07) is 10.5. The molecule has 0 heterocycles. The van der Waals surface area contributed by atoms with E-state index >= 15 is 0 Å². The summed E-state index contributed by atoms with van der Waals surface area (Å²) in [6.45, 7) is 0.460. The number of benzene rings is 2. The van der Waals surface area contributed by atoms with Crippen molar-refractivity contribution in [1.29, 1.82) is 0 Å². The van der Waals surface area contributed by atoms with E-state index in [1.807, 2.05) is 6.07 Å². The maximum atomic E-state index is 6.08. The van der Waals surface area contributed by atoms with Crippen molar-refractivity contribution in [2.45, 2.75) is 6.42 Å². The molecule has 0 aliphatic heterocycles. The maximum absolute atomic E-state index is 6.08. The first-order valence-corrected chi connectivity index (χ1v) is 7.09. The zero-order valence-electron chi connectivity index (χ0n) is 9.80. The van der Waals surface area contributed by atoms with Crippen molar-refractivity contribution in [3.63, 3.8) is 0 Å². The fourth-order valence-corrected chi connectivity index (χ4v) is 2.42. The second-order valence-corrected chi connectivity index (χ2v) is 5.60. The first kappa shape index (κ1) is 14.8. The lowest BCUT2D eigenvalue weighted by atomic mass is 10.2. The van der Waals surface area contributed by atoms with E-state index in [9.17, 15) is 0 Å². The Balaban J connectivity index is 1.98. The molecule has 0 aromatic heterocycles. The molecule has 19 heavy (non-hydrogen) atoms. The summed E-state index contributed by atoms with van der Waals surface area (Å²) in [7, 11) is 0. The Bertz CT molecular complexity index is 584. The van der Waals surface area contributed by atoms with Crippen LogP contribution in [-0.2, 0) is 6.42 Å². The van der Waals surface area contributed by atoms with Crippen LogP contribution in [0.2, 0.25) is 20.1 Å². The summed E-state index contributed by atoms with van der Waals surface area (Å²) >= 11 is 23.8. The summed E-state index contributed by atoms with van der Waals surface area (Å²) in [5.41, 5.74) is 0.976. The van der Waals surface area contributed by atoms with Gasteiger partial charge in [0.2, 0.25) is 0 Å². The maximum Gasteiger partial charge on any atom is 0.139 e. The van der Waals surface area contributed by atoms with E-state index < -0.39 is 0 Å². The summed E-state index contributed by atoms with van der Waals surface area (Å²) < 4.78 is 5.60. The summed E-state index contributed by atoms with van der Waals surface area (Å²) in [6.07, 6.45) is 0.666. The highest BCUT2D eigenvalue weighted by molar-refractivity contribution is 6.35. The fraction of sp³-hybridized carbons (Fsp3) is 0.143. The topological polar surface area (TPSA) is 9.23 Å². The molecule has 0 saturated carbocycles. The molecule has 1 nitrogen and oxygen atoms in total. The second-order valence-electron chi connectivity index (χ2n) is 3.91. The van der Waals surface area contributed by atoms with Crippen molar-refractivity contribution in [3.05, 3.63) is 62.1 Å². The minimum atomic E-state index is 0.460. The van der Waals surface area contributed by atoms with Crippen molar-refractivity contribution in [2.75, 3.05) is 6.61 Å². The highest BCUT2D eigenvalue weighted by Gasteiger charge is 2.05. The van der Waals surface area contributed by atoms with Crippen molar-refractivity contribution < 1.29 is 4.74 Å². The van der Waals surface area contributed by atoms with Gasteiger partial charge in [0.1, 0.15) is 5.75 Å². The molecule has 0 saturated heterocycles. The van der Waals surface area contributed by atoms with E-state index in [4.69, 9.17) is 51.1 Å². The van der Waals surface area contributed by atoms with Gasteiger partial charge >= 0.3 is 0 Å². The van der Waals surface area contributed by atoms with Crippen LogP contribution in [0, 0.1) is 0 Å². The Labute approximate surface area is 132 Å². The summed E-state index contributed by atoms with van der Waals surface area (Å²) in [5.74, 6) is 0.569. The largest absolute Gasteiger partial charge is 0.492 e. The quantitative estimate of drug-likeness (QED) is 0.673. The van der Waals surface area contributed by atoms with Crippen LogP contribution in [0.15, 0.2) is 36.4 Å². The van der Waals surface area contributed by atoms with E-state index in [0.717, 1.165) is 5.56 Å². The van der Waals surface area contributed by atoms with Crippen LogP contribution in [0.1, 0.15) is 5.56 Å². The van der Waals surface area contributed by atoms with Gasteiger partial charge in [-0.15, -0.1) is 0 Å². The number of hydrogen-bond donors (Lipinski definition) is 0. The summed E-state index contributed by atoms with van der Waals surface area (Å²) in [5, 5.41) is 2.37. The van der Waals surface area contributed by atoms with Crippen LogP contribution < -0.4 is 4.74 Å². The number of hydrogen-bond acceptors (Lipinski definition) is 1. The molecule has 100 valence electrons. The Hall–Kier alpha value is -0.600. The number of ether oxygens (including phenoxy) is 1. The molecule has 2 aromatic rings.